The summed E-state index contributed by atoms with van der Waals surface area (Å²) in [6.07, 6.45) is 0. The number of hydrogen-bond donors (Lipinski definition) is 3. The number of carbonyl (C=O) groups excluding carboxylic acids is 2. The number of phenolic OH excluding ortho intramolecular Hbond substituents is 1. The Morgan fingerprint density at radius 3 is 2.90 bits per heavy atom. The van der Waals surface area contributed by atoms with Gasteiger partial charge in [0.05, 0.1) is 5.56 Å². The Morgan fingerprint density at radius 2 is 2.25 bits per heavy atom. The molecule has 1 fully saturated rings. The summed E-state index contributed by atoms with van der Waals surface area (Å²) in [5, 5.41) is 15.8. The fraction of sp³-hybridized carbons (Fsp3) is 0.385. The van der Waals surface area contributed by atoms with Gasteiger partial charge in [0, 0.05) is 31.7 Å². The molecule has 108 valence electrons. The summed E-state index contributed by atoms with van der Waals surface area (Å²) < 4.78 is 0. The molecule has 1 aliphatic heterocycles. The van der Waals surface area contributed by atoms with Crippen molar-refractivity contribution in [3.63, 3.8) is 0 Å². The number of carbonyl (C=O) groups is 2. The van der Waals surface area contributed by atoms with E-state index in [0.29, 0.717) is 24.7 Å². The van der Waals surface area contributed by atoms with Crippen molar-refractivity contribution in [3.05, 3.63) is 28.8 Å². The van der Waals surface area contributed by atoms with Crippen LogP contribution >= 0.6 is 11.6 Å². The number of nitrogens with zero attached hydrogens (tertiary/aromatic N) is 1. The third kappa shape index (κ3) is 2.86. The fourth-order valence-corrected chi connectivity index (χ4v) is 2.35. The Labute approximate surface area is 121 Å². The highest BCUT2D eigenvalue weighted by atomic mass is 35.5. The first-order chi connectivity index (χ1) is 9.54. The second-order valence-electron chi connectivity index (χ2n) is 4.49. The number of nitrogens with one attached hydrogen (secondary N) is 2. The van der Waals surface area contributed by atoms with Gasteiger partial charge in [-0.1, -0.05) is 11.6 Å². The smallest absolute Gasteiger partial charge is 0.258 e. The molecule has 1 aromatic carbocycles. The first-order valence-electron chi connectivity index (χ1n) is 6.26. The molecule has 1 atom stereocenters. The summed E-state index contributed by atoms with van der Waals surface area (Å²) >= 11 is 5.75. The van der Waals surface area contributed by atoms with Gasteiger partial charge in [-0.15, -0.1) is 0 Å². The molecule has 0 bridgehead atoms. The van der Waals surface area contributed by atoms with Gasteiger partial charge in [-0.25, -0.2) is 0 Å². The summed E-state index contributed by atoms with van der Waals surface area (Å²) in [7, 11) is 1.53. The van der Waals surface area contributed by atoms with Gasteiger partial charge in [-0.2, -0.15) is 0 Å². The summed E-state index contributed by atoms with van der Waals surface area (Å²) in [4.78, 5) is 25.8. The Kier molecular flexibility index (Phi) is 4.46. The van der Waals surface area contributed by atoms with Gasteiger partial charge in [0.2, 0.25) is 5.91 Å². The average Bonchev–Trinajstić information content (AvgIpc) is 2.46. The van der Waals surface area contributed by atoms with Crippen molar-refractivity contribution in [2.45, 2.75) is 6.04 Å². The number of piperazine rings is 1. The van der Waals surface area contributed by atoms with Gasteiger partial charge in [0.15, 0.2) is 0 Å². The molecule has 2 rings (SSSR count). The predicted octanol–water partition coefficient (Wildman–Crippen LogP) is 0.206. The second kappa shape index (κ2) is 6.11. The molecule has 3 N–H and O–H groups in total. The Hall–Kier alpha value is -1.79. The number of rotatable bonds is 2. The van der Waals surface area contributed by atoms with Gasteiger partial charge in [0.25, 0.3) is 5.91 Å². The van der Waals surface area contributed by atoms with Crippen molar-refractivity contribution < 1.29 is 14.7 Å². The van der Waals surface area contributed by atoms with E-state index in [1.165, 1.54) is 30.1 Å². The lowest BCUT2D eigenvalue weighted by molar-refractivity contribution is -0.125. The fourth-order valence-electron chi connectivity index (χ4n) is 2.19. The molecule has 1 aliphatic rings. The minimum Gasteiger partial charge on any atom is -0.507 e. The highest BCUT2D eigenvalue weighted by Crippen LogP contribution is 2.24. The number of likely N-dealkylation sites (N-methyl/N-ethyl adjacent to an activating group) is 1. The van der Waals surface area contributed by atoms with E-state index >= 15 is 0 Å². The molecule has 0 saturated carbocycles. The Bertz CT molecular complexity index is 536. The minimum absolute atomic E-state index is 0.144. The monoisotopic (exact) mass is 297 g/mol. The lowest BCUT2D eigenvalue weighted by atomic mass is 10.1. The molecule has 0 spiro atoms. The molecule has 1 heterocycles. The van der Waals surface area contributed by atoms with Crippen molar-refractivity contribution in [3.8, 4) is 5.75 Å². The van der Waals surface area contributed by atoms with Gasteiger partial charge in [-0.3, -0.25) is 9.59 Å². The van der Waals surface area contributed by atoms with Crippen molar-refractivity contribution in [1.29, 1.82) is 0 Å². The van der Waals surface area contributed by atoms with Crippen LogP contribution in [-0.2, 0) is 4.79 Å². The van der Waals surface area contributed by atoms with Crippen LogP contribution in [0.1, 0.15) is 10.4 Å². The van der Waals surface area contributed by atoms with Gasteiger partial charge in [-0.05, 0) is 18.2 Å². The number of halogens is 1. The van der Waals surface area contributed by atoms with Crippen LogP contribution in [0.2, 0.25) is 5.02 Å². The number of phenols is 1. The third-order valence-corrected chi connectivity index (χ3v) is 3.48. The number of benzene rings is 1. The molecule has 0 aromatic heterocycles. The molecule has 6 nitrogen and oxygen atoms in total. The zero-order valence-electron chi connectivity index (χ0n) is 11.0. The number of aromatic hydroxyl groups is 1. The van der Waals surface area contributed by atoms with Gasteiger partial charge in [0.1, 0.15) is 11.8 Å². The van der Waals surface area contributed by atoms with Crippen LogP contribution in [0.4, 0.5) is 0 Å². The van der Waals surface area contributed by atoms with E-state index in [0.717, 1.165) is 0 Å². The van der Waals surface area contributed by atoms with E-state index in [2.05, 4.69) is 10.6 Å². The standard InChI is InChI=1S/C13H16ClN3O3/c1-15-12(19)10-7-16-4-5-17(10)13(20)9-3-2-8(14)6-11(9)18/h2-3,6,10,16,18H,4-5,7H2,1H3,(H,15,19). The molecule has 7 heteroatoms. The molecule has 1 unspecified atom stereocenters. The van der Waals surface area contributed by atoms with Crippen molar-refractivity contribution in [2.24, 2.45) is 0 Å². The number of amides is 2. The van der Waals surface area contributed by atoms with Gasteiger partial charge >= 0.3 is 0 Å². The highest BCUT2D eigenvalue weighted by Gasteiger charge is 2.32. The van der Waals surface area contributed by atoms with Crippen LogP contribution in [0.15, 0.2) is 18.2 Å². The lowest BCUT2D eigenvalue weighted by Crippen LogP contribution is -2.59. The molecule has 1 aromatic rings. The molecule has 0 radical (unpaired) electrons. The predicted molar refractivity (Wildman–Crippen MR) is 74.9 cm³/mol. The van der Waals surface area contributed by atoms with Crippen molar-refractivity contribution >= 4 is 23.4 Å². The molecular weight excluding hydrogens is 282 g/mol. The SMILES string of the molecule is CNC(=O)C1CNCCN1C(=O)c1ccc(Cl)cc1O. The maximum atomic E-state index is 12.5. The highest BCUT2D eigenvalue weighted by molar-refractivity contribution is 6.30. The van der Waals surface area contributed by atoms with Crippen LogP contribution in [0.3, 0.4) is 0 Å². The molecular formula is C13H16ClN3O3. The number of hydrogen-bond acceptors (Lipinski definition) is 4. The van der Waals surface area contributed by atoms with Crippen LogP contribution in [-0.4, -0.2) is 54.5 Å². The van der Waals surface area contributed by atoms with E-state index in [4.69, 9.17) is 11.6 Å². The minimum atomic E-state index is -0.587. The van der Waals surface area contributed by atoms with Crippen LogP contribution in [0, 0.1) is 0 Å². The molecule has 2 amide bonds. The molecule has 1 saturated heterocycles. The van der Waals surface area contributed by atoms with E-state index in [9.17, 15) is 14.7 Å². The summed E-state index contributed by atoms with van der Waals surface area (Å²) in [5.74, 6) is -0.801. The first kappa shape index (κ1) is 14.6. The second-order valence-corrected chi connectivity index (χ2v) is 4.93. The topological polar surface area (TPSA) is 81.7 Å². The molecule has 0 aliphatic carbocycles. The van der Waals surface area contributed by atoms with Crippen molar-refractivity contribution in [2.75, 3.05) is 26.7 Å². The van der Waals surface area contributed by atoms with E-state index in [-0.39, 0.29) is 23.1 Å². The summed E-state index contributed by atoms with van der Waals surface area (Å²) in [5.41, 5.74) is 0.144. The largest absolute Gasteiger partial charge is 0.507 e. The zero-order chi connectivity index (χ0) is 14.7. The maximum Gasteiger partial charge on any atom is 0.258 e. The van der Waals surface area contributed by atoms with Crippen LogP contribution in [0.5, 0.6) is 5.75 Å². The quantitative estimate of drug-likeness (QED) is 0.729. The summed E-state index contributed by atoms with van der Waals surface area (Å²) in [6, 6.07) is 3.72. The first-order valence-corrected chi connectivity index (χ1v) is 6.64. The van der Waals surface area contributed by atoms with Crippen LogP contribution < -0.4 is 10.6 Å². The zero-order valence-corrected chi connectivity index (χ0v) is 11.8. The van der Waals surface area contributed by atoms with E-state index in [1.807, 2.05) is 0 Å². The van der Waals surface area contributed by atoms with Crippen LogP contribution in [0.25, 0.3) is 0 Å². The maximum absolute atomic E-state index is 12.5. The third-order valence-electron chi connectivity index (χ3n) is 3.24. The normalized spacial score (nSPS) is 18.7. The van der Waals surface area contributed by atoms with Crippen molar-refractivity contribution in [1.82, 2.24) is 15.5 Å². The Balaban J connectivity index is 2.27. The van der Waals surface area contributed by atoms with Gasteiger partial charge < -0.3 is 20.6 Å². The Morgan fingerprint density at radius 1 is 1.50 bits per heavy atom. The molecule has 20 heavy (non-hydrogen) atoms. The van der Waals surface area contributed by atoms with E-state index < -0.39 is 6.04 Å². The van der Waals surface area contributed by atoms with E-state index in [1.54, 1.807) is 0 Å². The average molecular weight is 298 g/mol. The lowest BCUT2D eigenvalue weighted by Gasteiger charge is -2.35. The summed E-state index contributed by atoms with van der Waals surface area (Å²) in [6.45, 7) is 1.40.